The molecule has 0 amide bonds. The molecule has 0 saturated heterocycles. The number of nitrogen functional groups attached to an aromatic ring is 1. The van der Waals surface area contributed by atoms with Gasteiger partial charge in [-0.05, 0) is 23.8 Å². The first kappa shape index (κ1) is 12.9. The highest BCUT2D eigenvalue weighted by molar-refractivity contribution is 7.98. The lowest BCUT2D eigenvalue weighted by molar-refractivity contribution is 1.17. The molecule has 5 heteroatoms. The van der Waals surface area contributed by atoms with E-state index in [9.17, 15) is 0 Å². The average molecular weight is 278 g/mol. The van der Waals surface area contributed by atoms with Crippen LogP contribution in [0.1, 0.15) is 11.3 Å². The summed E-state index contributed by atoms with van der Waals surface area (Å²) in [4.78, 5) is 5.00. The Bertz CT molecular complexity index is 572. The summed E-state index contributed by atoms with van der Waals surface area (Å²) in [5.74, 6) is 0.711. The molecule has 18 heavy (non-hydrogen) atoms. The molecule has 1 heterocycles. The van der Waals surface area contributed by atoms with Gasteiger partial charge in [-0.25, -0.2) is 0 Å². The molecule has 0 saturated carbocycles. The van der Waals surface area contributed by atoms with E-state index in [-0.39, 0.29) is 5.84 Å². The molecule has 3 N–H and O–H groups in total. The van der Waals surface area contributed by atoms with E-state index in [4.69, 9.17) is 22.7 Å². The number of nitrogens with one attached hydrogen (secondary N) is 1. The number of nitrogens with two attached hydrogens (primary N) is 1. The fourth-order valence-electron chi connectivity index (χ4n) is 1.48. The topological polar surface area (TPSA) is 62.8 Å². The zero-order valence-corrected chi connectivity index (χ0v) is 11.1. The summed E-state index contributed by atoms with van der Waals surface area (Å²) in [7, 11) is 0. The van der Waals surface area contributed by atoms with Crippen molar-refractivity contribution in [2.24, 2.45) is 5.73 Å². The highest BCUT2D eigenvalue weighted by Crippen LogP contribution is 2.27. The predicted molar refractivity (Wildman–Crippen MR) is 76.3 cm³/mol. The first-order chi connectivity index (χ1) is 8.68. The van der Waals surface area contributed by atoms with Gasteiger partial charge >= 0.3 is 0 Å². The fraction of sp³-hybridized carbons (Fsp3) is 0.0769. The summed E-state index contributed by atoms with van der Waals surface area (Å²) in [6.07, 6.45) is 1.64. The van der Waals surface area contributed by atoms with Crippen molar-refractivity contribution >= 4 is 29.2 Å². The smallest absolute Gasteiger partial charge is 0.142 e. The van der Waals surface area contributed by atoms with Crippen molar-refractivity contribution in [1.82, 2.24) is 4.98 Å². The number of benzene rings is 1. The van der Waals surface area contributed by atoms with Gasteiger partial charge in [0, 0.05) is 21.9 Å². The summed E-state index contributed by atoms with van der Waals surface area (Å²) in [5, 5.41) is 8.23. The molecule has 92 valence electrons. The molecule has 0 unspecified atom stereocenters. The van der Waals surface area contributed by atoms with Gasteiger partial charge in [0.25, 0.3) is 0 Å². The van der Waals surface area contributed by atoms with Crippen LogP contribution in [-0.4, -0.2) is 10.8 Å². The van der Waals surface area contributed by atoms with Crippen molar-refractivity contribution in [1.29, 1.82) is 5.41 Å². The zero-order chi connectivity index (χ0) is 13.0. The van der Waals surface area contributed by atoms with E-state index in [1.165, 1.54) is 0 Å². The van der Waals surface area contributed by atoms with Gasteiger partial charge in [-0.2, -0.15) is 0 Å². The molecule has 1 aromatic heterocycles. The highest BCUT2D eigenvalue weighted by atomic mass is 35.5. The van der Waals surface area contributed by atoms with Gasteiger partial charge in [-0.3, -0.25) is 10.4 Å². The third kappa shape index (κ3) is 3.03. The first-order valence-electron chi connectivity index (χ1n) is 5.34. The van der Waals surface area contributed by atoms with Crippen LogP contribution in [-0.2, 0) is 5.75 Å². The second-order valence-corrected chi connectivity index (χ2v) is 5.07. The van der Waals surface area contributed by atoms with Crippen molar-refractivity contribution in [3.63, 3.8) is 0 Å². The molecule has 1 aromatic carbocycles. The summed E-state index contributed by atoms with van der Waals surface area (Å²) in [6.45, 7) is 0. The molecular weight excluding hydrogens is 266 g/mol. The zero-order valence-electron chi connectivity index (χ0n) is 9.56. The molecule has 2 rings (SSSR count). The minimum atomic E-state index is -0.0164. The summed E-state index contributed by atoms with van der Waals surface area (Å²) >= 11 is 7.67. The van der Waals surface area contributed by atoms with Crippen LogP contribution >= 0.6 is 23.4 Å². The number of nitrogens with zero attached hydrogens (tertiary/aromatic N) is 1. The second kappa shape index (κ2) is 5.89. The standard InChI is InChI=1S/C13H12ClN3S/c14-10-5-2-1-4-9(10)8-18-11-6-3-7-17-12(11)13(15)16/h1-7H,8H2,(H3,15,16). The van der Waals surface area contributed by atoms with E-state index < -0.39 is 0 Å². The number of hydrogen-bond donors (Lipinski definition) is 2. The number of halogens is 1. The lowest BCUT2D eigenvalue weighted by Gasteiger charge is -2.07. The lowest BCUT2D eigenvalue weighted by atomic mass is 10.2. The Labute approximate surface area is 115 Å². The van der Waals surface area contributed by atoms with E-state index >= 15 is 0 Å². The first-order valence-corrected chi connectivity index (χ1v) is 6.70. The second-order valence-electron chi connectivity index (χ2n) is 3.64. The van der Waals surface area contributed by atoms with Gasteiger partial charge in [0.05, 0.1) is 0 Å². The maximum Gasteiger partial charge on any atom is 0.142 e. The van der Waals surface area contributed by atoms with Gasteiger partial charge in [0.15, 0.2) is 0 Å². The molecule has 3 nitrogen and oxygen atoms in total. The van der Waals surface area contributed by atoms with Crippen LogP contribution in [0.2, 0.25) is 5.02 Å². The van der Waals surface area contributed by atoms with Crippen molar-refractivity contribution < 1.29 is 0 Å². The maximum absolute atomic E-state index is 7.48. The van der Waals surface area contributed by atoms with Crippen molar-refractivity contribution in [2.45, 2.75) is 10.6 Å². The number of thioether (sulfide) groups is 1. The normalized spacial score (nSPS) is 10.3. The summed E-state index contributed by atoms with van der Waals surface area (Å²) in [5.41, 5.74) is 7.08. The molecule has 0 radical (unpaired) electrons. The SMILES string of the molecule is N=C(N)c1ncccc1SCc1ccccc1Cl. The highest BCUT2D eigenvalue weighted by Gasteiger charge is 2.07. The quantitative estimate of drug-likeness (QED) is 0.512. The number of rotatable bonds is 4. The van der Waals surface area contributed by atoms with Gasteiger partial charge in [0.1, 0.15) is 11.5 Å². The molecule has 0 atom stereocenters. The molecular formula is C13H12ClN3S. The van der Waals surface area contributed by atoms with E-state index in [2.05, 4.69) is 4.98 Å². The van der Waals surface area contributed by atoms with Crippen LogP contribution in [0.4, 0.5) is 0 Å². The summed E-state index contributed by atoms with van der Waals surface area (Å²) in [6, 6.07) is 11.5. The third-order valence-electron chi connectivity index (χ3n) is 2.37. The van der Waals surface area contributed by atoms with Crippen molar-refractivity contribution in [2.75, 3.05) is 0 Å². The number of aromatic nitrogens is 1. The largest absolute Gasteiger partial charge is 0.382 e. The Kier molecular flexibility index (Phi) is 4.23. The Morgan fingerprint density at radius 1 is 1.28 bits per heavy atom. The lowest BCUT2D eigenvalue weighted by Crippen LogP contribution is -2.14. The molecule has 0 fully saturated rings. The Hall–Kier alpha value is -1.52. The van der Waals surface area contributed by atoms with Crippen LogP contribution in [0, 0.1) is 5.41 Å². The van der Waals surface area contributed by atoms with Crippen molar-refractivity contribution in [3.05, 3.63) is 58.9 Å². The summed E-state index contributed by atoms with van der Waals surface area (Å²) < 4.78 is 0. The van der Waals surface area contributed by atoms with Gasteiger partial charge in [0.2, 0.25) is 0 Å². The van der Waals surface area contributed by atoms with E-state index in [0.29, 0.717) is 5.69 Å². The monoisotopic (exact) mass is 277 g/mol. The minimum Gasteiger partial charge on any atom is -0.382 e. The maximum atomic E-state index is 7.48. The molecule has 0 aliphatic carbocycles. The van der Waals surface area contributed by atoms with Crippen LogP contribution < -0.4 is 5.73 Å². The van der Waals surface area contributed by atoms with Crippen LogP contribution in [0.15, 0.2) is 47.5 Å². The van der Waals surface area contributed by atoms with Gasteiger partial charge in [-0.15, -0.1) is 11.8 Å². The Balaban J connectivity index is 2.16. The minimum absolute atomic E-state index is 0.0164. The molecule has 0 bridgehead atoms. The Morgan fingerprint density at radius 2 is 2.06 bits per heavy atom. The van der Waals surface area contributed by atoms with Gasteiger partial charge in [-0.1, -0.05) is 29.8 Å². The van der Waals surface area contributed by atoms with Gasteiger partial charge < -0.3 is 5.73 Å². The fourth-order valence-corrected chi connectivity index (χ4v) is 2.80. The Morgan fingerprint density at radius 3 is 2.78 bits per heavy atom. The van der Waals surface area contributed by atoms with E-state index in [1.807, 2.05) is 36.4 Å². The molecule has 0 aliphatic heterocycles. The average Bonchev–Trinajstić information content (AvgIpc) is 2.38. The molecule has 0 spiro atoms. The van der Waals surface area contributed by atoms with Crippen LogP contribution in [0.3, 0.4) is 0 Å². The van der Waals surface area contributed by atoms with E-state index in [1.54, 1.807) is 18.0 Å². The van der Waals surface area contributed by atoms with Crippen LogP contribution in [0.5, 0.6) is 0 Å². The van der Waals surface area contributed by atoms with Crippen LogP contribution in [0.25, 0.3) is 0 Å². The predicted octanol–water partition coefficient (Wildman–Crippen LogP) is 3.31. The van der Waals surface area contributed by atoms with E-state index in [0.717, 1.165) is 21.2 Å². The molecule has 0 aliphatic rings. The number of hydrogen-bond acceptors (Lipinski definition) is 3. The third-order valence-corrected chi connectivity index (χ3v) is 3.83. The van der Waals surface area contributed by atoms with Crippen molar-refractivity contribution in [3.8, 4) is 0 Å². The molecule has 2 aromatic rings. The number of pyridine rings is 1. The number of amidine groups is 1.